The zero-order valence-electron chi connectivity index (χ0n) is 21.6. The first kappa shape index (κ1) is 28.1. The molecule has 0 saturated carbocycles. The van der Waals surface area contributed by atoms with Gasteiger partial charge in [-0.2, -0.15) is 0 Å². The molecular formula is C32H24N2O7. The zero-order valence-corrected chi connectivity index (χ0v) is 21.6. The summed E-state index contributed by atoms with van der Waals surface area (Å²) in [6.45, 7) is 7.29. The highest BCUT2D eigenvalue weighted by Gasteiger charge is 2.18. The number of hydrogen-bond acceptors (Lipinski definition) is 5. The predicted octanol–water partition coefficient (Wildman–Crippen LogP) is 6.67. The summed E-state index contributed by atoms with van der Waals surface area (Å²) in [6, 6.07) is 21.7. The monoisotopic (exact) mass is 548 g/mol. The highest BCUT2D eigenvalue weighted by atomic mass is 16.5. The van der Waals surface area contributed by atoms with Gasteiger partial charge >= 0.3 is 11.9 Å². The van der Waals surface area contributed by atoms with Crippen LogP contribution in [0.15, 0.2) is 98.1 Å². The largest absolute Gasteiger partial charge is 0.478 e. The Morgan fingerprint density at radius 1 is 0.561 bits per heavy atom. The average molecular weight is 549 g/mol. The minimum Gasteiger partial charge on any atom is -0.478 e. The van der Waals surface area contributed by atoms with E-state index in [4.69, 9.17) is 4.74 Å². The van der Waals surface area contributed by atoms with Crippen LogP contribution in [0.5, 0.6) is 11.5 Å². The van der Waals surface area contributed by atoms with Crippen molar-refractivity contribution in [2.24, 2.45) is 0 Å². The third kappa shape index (κ3) is 6.73. The van der Waals surface area contributed by atoms with Crippen LogP contribution in [0.25, 0.3) is 12.2 Å². The molecule has 0 aromatic heterocycles. The van der Waals surface area contributed by atoms with Gasteiger partial charge in [-0.1, -0.05) is 37.4 Å². The van der Waals surface area contributed by atoms with E-state index in [1.807, 2.05) is 0 Å². The van der Waals surface area contributed by atoms with E-state index >= 15 is 0 Å². The zero-order chi connectivity index (χ0) is 29.5. The van der Waals surface area contributed by atoms with Gasteiger partial charge in [-0.3, -0.25) is 9.59 Å². The van der Waals surface area contributed by atoms with E-state index in [9.17, 15) is 29.4 Å². The predicted molar refractivity (Wildman–Crippen MR) is 156 cm³/mol. The molecule has 4 aromatic rings. The Bertz CT molecular complexity index is 1550. The Balaban J connectivity index is 1.41. The van der Waals surface area contributed by atoms with Crippen LogP contribution in [0.2, 0.25) is 0 Å². The lowest BCUT2D eigenvalue weighted by molar-refractivity contribution is 0.0683. The van der Waals surface area contributed by atoms with Crippen molar-refractivity contribution < 1.29 is 34.1 Å². The fourth-order valence-corrected chi connectivity index (χ4v) is 3.87. The maximum atomic E-state index is 12.8. The number of hydrogen-bond donors (Lipinski definition) is 4. The number of ether oxygens (including phenoxy) is 1. The van der Waals surface area contributed by atoms with Gasteiger partial charge in [0.15, 0.2) is 0 Å². The van der Waals surface area contributed by atoms with Crippen molar-refractivity contribution in [3.8, 4) is 11.5 Å². The molecule has 4 rings (SSSR count). The van der Waals surface area contributed by atoms with Crippen molar-refractivity contribution in [1.29, 1.82) is 0 Å². The third-order valence-electron chi connectivity index (χ3n) is 5.97. The van der Waals surface area contributed by atoms with Crippen LogP contribution in [0.4, 0.5) is 11.4 Å². The molecule has 4 aromatic carbocycles. The molecule has 0 spiro atoms. The van der Waals surface area contributed by atoms with Gasteiger partial charge in [-0.15, -0.1) is 0 Å². The van der Waals surface area contributed by atoms with E-state index in [1.54, 1.807) is 60.7 Å². The first-order valence-corrected chi connectivity index (χ1v) is 12.2. The summed E-state index contributed by atoms with van der Waals surface area (Å²) in [5, 5.41) is 24.2. The first-order valence-electron chi connectivity index (χ1n) is 12.2. The number of carbonyl (C=O) groups excluding carboxylic acids is 2. The Morgan fingerprint density at radius 2 is 0.927 bits per heavy atom. The summed E-state index contributed by atoms with van der Waals surface area (Å²) < 4.78 is 5.83. The van der Waals surface area contributed by atoms with Crippen molar-refractivity contribution in [2.75, 3.05) is 10.6 Å². The average Bonchev–Trinajstić information content (AvgIpc) is 2.98. The van der Waals surface area contributed by atoms with Gasteiger partial charge in [-0.25, -0.2) is 9.59 Å². The third-order valence-corrected chi connectivity index (χ3v) is 5.97. The van der Waals surface area contributed by atoms with Crippen LogP contribution in [0.1, 0.15) is 52.6 Å². The second kappa shape index (κ2) is 12.3. The molecule has 0 unspecified atom stereocenters. The molecule has 9 heteroatoms. The van der Waals surface area contributed by atoms with Crippen molar-refractivity contribution in [2.45, 2.75) is 0 Å². The smallest absolute Gasteiger partial charge is 0.336 e. The van der Waals surface area contributed by atoms with Gasteiger partial charge in [0, 0.05) is 11.4 Å². The Morgan fingerprint density at radius 3 is 1.24 bits per heavy atom. The number of amides is 2. The minimum absolute atomic E-state index is 0.00926. The van der Waals surface area contributed by atoms with E-state index in [2.05, 4.69) is 23.8 Å². The van der Waals surface area contributed by atoms with Crippen molar-refractivity contribution in [3.63, 3.8) is 0 Å². The van der Waals surface area contributed by atoms with Gasteiger partial charge in [-0.05, 0) is 83.9 Å². The van der Waals surface area contributed by atoms with Gasteiger partial charge in [0.25, 0.3) is 11.8 Å². The molecule has 9 nitrogen and oxygen atoms in total. The molecule has 0 radical (unpaired) electrons. The standard InChI is InChI=1S/C32H24N2O7/c1-3-19-5-15-25(31(37)38)27(17-19)29(35)33-21-7-11-23(12-8-21)41-24-13-9-22(10-14-24)34-30(36)28-18-20(4-2)6-16-26(28)32(39)40/h3-18H,1-2H2,(H,33,35)(H,34,36)(H,37,38)(H,39,40). The molecule has 0 fully saturated rings. The number of carbonyl (C=O) groups is 4. The number of anilines is 2. The molecule has 41 heavy (non-hydrogen) atoms. The Labute approximate surface area is 235 Å². The summed E-state index contributed by atoms with van der Waals surface area (Å²) in [5.41, 5.74) is 1.86. The minimum atomic E-state index is -1.22. The topological polar surface area (TPSA) is 142 Å². The molecule has 0 bridgehead atoms. The molecule has 2 amide bonds. The molecule has 0 aliphatic carbocycles. The summed E-state index contributed by atoms with van der Waals surface area (Å²) >= 11 is 0. The molecule has 0 saturated heterocycles. The summed E-state index contributed by atoms with van der Waals surface area (Å²) in [7, 11) is 0. The number of nitrogens with one attached hydrogen (secondary N) is 2. The van der Waals surface area contributed by atoms with E-state index in [0.29, 0.717) is 34.0 Å². The highest BCUT2D eigenvalue weighted by Crippen LogP contribution is 2.26. The quantitative estimate of drug-likeness (QED) is 0.173. The molecular weight excluding hydrogens is 524 g/mol. The lowest BCUT2D eigenvalue weighted by Crippen LogP contribution is -2.16. The Kier molecular flexibility index (Phi) is 8.39. The maximum Gasteiger partial charge on any atom is 0.336 e. The number of carboxylic acid groups (broad SMARTS) is 2. The normalized spacial score (nSPS) is 10.2. The number of carboxylic acids is 2. The van der Waals surface area contributed by atoms with Crippen LogP contribution in [-0.4, -0.2) is 34.0 Å². The van der Waals surface area contributed by atoms with E-state index in [0.717, 1.165) is 0 Å². The maximum absolute atomic E-state index is 12.8. The van der Waals surface area contributed by atoms with Crippen molar-refractivity contribution >= 4 is 47.3 Å². The van der Waals surface area contributed by atoms with Gasteiger partial charge < -0.3 is 25.6 Å². The lowest BCUT2D eigenvalue weighted by Gasteiger charge is -2.11. The van der Waals surface area contributed by atoms with Crippen LogP contribution < -0.4 is 15.4 Å². The lowest BCUT2D eigenvalue weighted by atomic mass is 10.0. The van der Waals surface area contributed by atoms with Gasteiger partial charge in [0.2, 0.25) is 0 Å². The van der Waals surface area contributed by atoms with E-state index in [-0.39, 0.29) is 22.3 Å². The van der Waals surface area contributed by atoms with Gasteiger partial charge in [0.1, 0.15) is 11.5 Å². The SMILES string of the molecule is C=Cc1ccc(C(=O)O)c(C(=O)Nc2ccc(Oc3ccc(NC(=O)c4cc(C=C)ccc4C(=O)O)cc3)cc2)c1. The van der Waals surface area contributed by atoms with Crippen LogP contribution in [-0.2, 0) is 0 Å². The van der Waals surface area contributed by atoms with E-state index in [1.165, 1.54) is 36.4 Å². The fourth-order valence-electron chi connectivity index (χ4n) is 3.87. The molecule has 0 heterocycles. The molecule has 0 atom stereocenters. The second-order valence-corrected chi connectivity index (χ2v) is 8.69. The molecule has 4 N–H and O–H groups in total. The van der Waals surface area contributed by atoms with Crippen LogP contribution >= 0.6 is 0 Å². The summed E-state index contributed by atoms with van der Waals surface area (Å²) in [4.78, 5) is 48.6. The number of benzene rings is 4. The first-order chi connectivity index (χ1) is 19.7. The Hall–Kier alpha value is -5.96. The van der Waals surface area contributed by atoms with Crippen LogP contribution in [0, 0.1) is 0 Å². The summed E-state index contributed by atoms with van der Waals surface area (Å²) in [6.07, 6.45) is 3.04. The van der Waals surface area contributed by atoms with Crippen molar-refractivity contribution in [3.05, 3.63) is 131 Å². The highest BCUT2D eigenvalue weighted by molar-refractivity contribution is 6.12. The fraction of sp³-hybridized carbons (Fsp3) is 0. The van der Waals surface area contributed by atoms with Gasteiger partial charge in [0.05, 0.1) is 22.3 Å². The summed E-state index contributed by atoms with van der Waals surface area (Å²) in [5.74, 6) is -2.66. The number of aromatic carboxylic acids is 2. The second-order valence-electron chi connectivity index (χ2n) is 8.69. The molecule has 204 valence electrons. The number of rotatable bonds is 10. The van der Waals surface area contributed by atoms with E-state index < -0.39 is 23.8 Å². The molecule has 0 aliphatic rings. The van der Waals surface area contributed by atoms with Crippen molar-refractivity contribution in [1.82, 2.24) is 0 Å². The van der Waals surface area contributed by atoms with Crippen LogP contribution in [0.3, 0.4) is 0 Å². The molecule has 0 aliphatic heterocycles.